The zero-order valence-electron chi connectivity index (χ0n) is 14.9. The van der Waals surface area contributed by atoms with Crippen molar-refractivity contribution in [2.45, 2.75) is 24.8 Å². The summed E-state index contributed by atoms with van der Waals surface area (Å²) >= 11 is 1.32. The molecular weight excluding hydrogens is 368 g/mol. The number of tetrazole rings is 1. The van der Waals surface area contributed by atoms with Crippen LogP contribution < -0.4 is 5.56 Å². The number of benzene rings is 1. The van der Waals surface area contributed by atoms with Gasteiger partial charge in [0.1, 0.15) is 0 Å². The minimum absolute atomic E-state index is 0.205. The highest BCUT2D eigenvalue weighted by molar-refractivity contribution is 7.98. The fraction of sp³-hybridized carbons (Fsp3) is 0.250. The first kappa shape index (κ1) is 17.2. The van der Waals surface area contributed by atoms with E-state index in [1.807, 2.05) is 44.3 Å². The summed E-state index contributed by atoms with van der Waals surface area (Å²) in [6.45, 7) is 3.61. The lowest BCUT2D eigenvalue weighted by atomic mass is 10.3. The van der Waals surface area contributed by atoms with Crippen LogP contribution >= 0.6 is 11.8 Å². The predicted molar refractivity (Wildman–Crippen MR) is 97.1 cm³/mol. The third-order valence-electron chi connectivity index (χ3n) is 4.07. The van der Waals surface area contributed by atoms with Gasteiger partial charge in [0.25, 0.3) is 5.56 Å². The maximum absolute atomic E-state index is 13.1. The molecule has 0 spiro atoms. The Balaban J connectivity index is 1.73. The van der Waals surface area contributed by atoms with Gasteiger partial charge in [-0.05, 0) is 36.4 Å². The lowest BCUT2D eigenvalue weighted by Crippen LogP contribution is -2.22. The van der Waals surface area contributed by atoms with E-state index in [0.717, 1.165) is 11.4 Å². The monoisotopic (exact) mass is 384 g/mol. The van der Waals surface area contributed by atoms with Gasteiger partial charge in [-0.15, -0.1) is 5.10 Å². The smallest absolute Gasteiger partial charge is 0.297 e. The molecular formula is C16H16N8O2S. The first-order chi connectivity index (χ1) is 13.1. The fourth-order valence-corrected chi connectivity index (χ4v) is 3.45. The van der Waals surface area contributed by atoms with Crippen molar-refractivity contribution in [1.29, 1.82) is 0 Å². The fourth-order valence-electron chi connectivity index (χ4n) is 2.73. The minimum atomic E-state index is -0.205. The number of aromatic nitrogens is 8. The Labute approximate surface area is 157 Å². The first-order valence-electron chi connectivity index (χ1n) is 8.11. The molecule has 1 aromatic carbocycles. The van der Waals surface area contributed by atoms with Gasteiger partial charge in [-0.2, -0.15) is 9.67 Å². The van der Waals surface area contributed by atoms with Gasteiger partial charge in [0, 0.05) is 7.05 Å². The van der Waals surface area contributed by atoms with Crippen LogP contribution in [0.25, 0.3) is 11.4 Å². The summed E-state index contributed by atoms with van der Waals surface area (Å²) in [4.78, 5) is 17.3. The molecule has 0 amide bonds. The number of hydrogen-bond donors (Lipinski definition) is 0. The topological polar surface area (TPSA) is 109 Å². The van der Waals surface area contributed by atoms with Crippen molar-refractivity contribution in [3.8, 4) is 11.4 Å². The van der Waals surface area contributed by atoms with Gasteiger partial charge in [-0.25, -0.2) is 4.68 Å². The van der Waals surface area contributed by atoms with Crippen LogP contribution in [0.3, 0.4) is 0 Å². The van der Waals surface area contributed by atoms with E-state index in [2.05, 4.69) is 25.7 Å². The number of aryl methyl sites for hydroxylation is 1. The largest absolute Gasteiger partial charge is 0.338 e. The maximum Gasteiger partial charge on any atom is 0.297 e. The molecule has 10 nitrogen and oxygen atoms in total. The van der Waals surface area contributed by atoms with E-state index >= 15 is 0 Å². The Hall–Kier alpha value is -3.21. The second-order valence-electron chi connectivity index (χ2n) is 5.81. The molecule has 4 aromatic rings. The van der Waals surface area contributed by atoms with Crippen molar-refractivity contribution in [1.82, 2.24) is 39.7 Å². The molecule has 0 radical (unpaired) electrons. The van der Waals surface area contributed by atoms with Gasteiger partial charge in [0.2, 0.25) is 11.0 Å². The minimum Gasteiger partial charge on any atom is -0.338 e. The van der Waals surface area contributed by atoms with E-state index in [0.29, 0.717) is 28.3 Å². The molecule has 0 atom stereocenters. The Morgan fingerprint density at radius 3 is 2.67 bits per heavy atom. The number of nitrogens with zero attached hydrogens (tertiary/aromatic N) is 8. The highest BCUT2D eigenvalue weighted by Crippen LogP contribution is 2.22. The number of thioether (sulfide) groups is 1. The molecule has 3 aromatic heterocycles. The quantitative estimate of drug-likeness (QED) is 0.476. The number of hydrogen-bond acceptors (Lipinski definition) is 8. The van der Waals surface area contributed by atoms with Crippen molar-refractivity contribution in [3.63, 3.8) is 0 Å². The molecule has 0 unspecified atom stereocenters. The van der Waals surface area contributed by atoms with Crippen molar-refractivity contribution < 1.29 is 4.52 Å². The SMILES string of the molecule is Cc1noc(CSc2nnnn2-c2c(C)n(C)n(-c3ccccc3)c2=O)n1. The summed E-state index contributed by atoms with van der Waals surface area (Å²) in [6, 6.07) is 9.42. The molecule has 0 saturated heterocycles. The van der Waals surface area contributed by atoms with Crippen LogP contribution in [-0.2, 0) is 12.8 Å². The van der Waals surface area contributed by atoms with Crippen molar-refractivity contribution in [3.05, 3.63) is 58.1 Å². The standard InChI is InChI=1S/C16H16N8O2S/c1-10-14(15(25)24(22(10)3)12-7-5-4-6-8-12)23-16(18-20-21-23)27-9-13-17-11(2)19-26-13/h4-8H,9H2,1-3H3. The van der Waals surface area contributed by atoms with E-state index in [4.69, 9.17) is 4.52 Å². The summed E-state index contributed by atoms with van der Waals surface area (Å²) in [5, 5.41) is 16.0. The molecule has 3 heterocycles. The Bertz CT molecular complexity index is 1140. The average Bonchev–Trinajstić information content (AvgIpc) is 3.34. The van der Waals surface area contributed by atoms with E-state index in [1.54, 1.807) is 16.3 Å². The highest BCUT2D eigenvalue weighted by atomic mass is 32.2. The number of para-hydroxylation sites is 1. The molecule has 4 rings (SSSR count). The van der Waals surface area contributed by atoms with Gasteiger partial charge in [-0.3, -0.25) is 9.48 Å². The van der Waals surface area contributed by atoms with Crippen LogP contribution in [0.5, 0.6) is 0 Å². The van der Waals surface area contributed by atoms with Crippen LogP contribution in [0, 0.1) is 13.8 Å². The van der Waals surface area contributed by atoms with Gasteiger partial charge < -0.3 is 4.52 Å². The lowest BCUT2D eigenvalue weighted by Gasteiger charge is -2.07. The lowest BCUT2D eigenvalue weighted by molar-refractivity contribution is 0.387. The Morgan fingerprint density at radius 2 is 1.96 bits per heavy atom. The third kappa shape index (κ3) is 3.05. The maximum atomic E-state index is 13.1. The zero-order chi connectivity index (χ0) is 19.0. The molecule has 27 heavy (non-hydrogen) atoms. The molecule has 138 valence electrons. The molecule has 0 N–H and O–H groups in total. The Morgan fingerprint density at radius 1 is 1.19 bits per heavy atom. The first-order valence-corrected chi connectivity index (χ1v) is 9.09. The second kappa shape index (κ2) is 6.83. The average molecular weight is 384 g/mol. The van der Waals surface area contributed by atoms with Crippen molar-refractivity contribution in [2.75, 3.05) is 0 Å². The normalized spacial score (nSPS) is 11.2. The third-order valence-corrected chi connectivity index (χ3v) is 4.97. The zero-order valence-corrected chi connectivity index (χ0v) is 15.7. The molecule has 11 heteroatoms. The second-order valence-corrected chi connectivity index (χ2v) is 6.75. The number of rotatable bonds is 5. The summed E-state index contributed by atoms with van der Waals surface area (Å²) in [7, 11) is 1.83. The molecule has 0 fully saturated rings. The van der Waals surface area contributed by atoms with Gasteiger partial charge in [0.15, 0.2) is 11.5 Å². The summed E-state index contributed by atoms with van der Waals surface area (Å²) in [6.07, 6.45) is 0. The van der Waals surface area contributed by atoms with Crippen LogP contribution in [0.2, 0.25) is 0 Å². The molecule has 0 aliphatic rings. The molecule has 0 aliphatic heterocycles. The van der Waals surface area contributed by atoms with E-state index in [9.17, 15) is 4.79 Å². The van der Waals surface area contributed by atoms with Crippen LogP contribution in [0.15, 0.2) is 44.8 Å². The summed E-state index contributed by atoms with van der Waals surface area (Å²) < 4.78 is 9.92. The highest BCUT2D eigenvalue weighted by Gasteiger charge is 2.22. The van der Waals surface area contributed by atoms with Gasteiger partial charge in [0.05, 0.1) is 17.1 Å². The predicted octanol–water partition coefficient (Wildman–Crippen LogP) is 1.44. The van der Waals surface area contributed by atoms with E-state index in [-0.39, 0.29) is 5.56 Å². The van der Waals surface area contributed by atoms with E-state index in [1.165, 1.54) is 16.4 Å². The summed E-state index contributed by atoms with van der Waals surface area (Å²) in [5.74, 6) is 1.44. The van der Waals surface area contributed by atoms with Crippen LogP contribution in [0.4, 0.5) is 0 Å². The summed E-state index contributed by atoms with van der Waals surface area (Å²) in [5.41, 5.74) is 1.70. The molecule has 0 saturated carbocycles. The van der Waals surface area contributed by atoms with Gasteiger partial charge in [-0.1, -0.05) is 35.1 Å². The van der Waals surface area contributed by atoms with Gasteiger partial charge >= 0.3 is 0 Å². The van der Waals surface area contributed by atoms with E-state index < -0.39 is 0 Å². The molecule has 0 aliphatic carbocycles. The van der Waals surface area contributed by atoms with Crippen molar-refractivity contribution >= 4 is 11.8 Å². The van der Waals surface area contributed by atoms with Crippen LogP contribution in [-0.4, -0.2) is 39.7 Å². The molecule has 0 bridgehead atoms. The van der Waals surface area contributed by atoms with Crippen molar-refractivity contribution in [2.24, 2.45) is 7.05 Å². The van der Waals surface area contributed by atoms with Crippen LogP contribution in [0.1, 0.15) is 17.4 Å². The Kier molecular flexibility index (Phi) is 4.36.